The van der Waals surface area contributed by atoms with E-state index in [0.29, 0.717) is 18.1 Å². The number of fused-ring (bicyclic) bond motifs is 1. The van der Waals surface area contributed by atoms with Crippen molar-refractivity contribution in [2.75, 3.05) is 25.0 Å². The van der Waals surface area contributed by atoms with Gasteiger partial charge in [-0.2, -0.15) is 0 Å². The number of nitrogens with one attached hydrogen (secondary N) is 2. The van der Waals surface area contributed by atoms with Gasteiger partial charge in [0.1, 0.15) is 5.82 Å². The van der Waals surface area contributed by atoms with E-state index in [-0.39, 0.29) is 42.2 Å². The Morgan fingerprint density at radius 1 is 1.21 bits per heavy atom. The molecule has 2 aromatic rings. The summed E-state index contributed by atoms with van der Waals surface area (Å²) in [5.74, 6) is 0.340. The van der Waals surface area contributed by atoms with Crippen molar-refractivity contribution in [3.05, 3.63) is 65.0 Å². The van der Waals surface area contributed by atoms with E-state index < -0.39 is 0 Å². The van der Waals surface area contributed by atoms with Gasteiger partial charge in [0, 0.05) is 25.8 Å². The van der Waals surface area contributed by atoms with E-state index in [0.717, 1.165) is 30.6 Å². The number of amides is 1. The highest BCUT2D eigenvalue weighted by Gasteiger charge is 2.21. The van der Waals surface area contributed by atoms with Gasteiger partial charge in [0.25, 0.3) is 0 Å². The molecule has 0 unspecified atom stereocenters. The van der Waals surface area contributed by atoms with E-state index in [1.54, 1.807) is 26.1 Å². The second-order valence-electron chi connectivity index (χ2n) is 6.64. The molecule has 2 aromatic carbocycles. The number of guanidine groups is 1. The van der Waals surface area contributed by atoms with Crippen LogP contribution in [0.15, 0.2) is 47.5 Å². The maximum atomic E-state index is 13.4. The summed E-state index contributed by atoms with van der Waals surface area (Å²) in [5, 5.41) is 6.22. The lowest BCUT2D eigenvalue weighted by Crippen LogP contribution is -2.45. The Balaban J connectivity index is 0.00000280. The molecule has 0 aromatic heterocycles. The molecule has 0 atom stereocenters. The Bertz CT molecular complexity index is 856. The molecule has 0 saturated heterocycles. The van der Waals surface area contributed by atoms with Crippen molar-refractivity contribution in [3.8, 4) is 0 Å². The fraction of sp³-hybridized carbons (Fsp3) is 0.333. The molecule has 0 spiro atoms. The molecule has 3 rings (SSSR count). The Morgan fingerprint density at radius 2 is 2.00 bits per heavy atom. The number of hydrogen-bond acceptors (Lipinski definition) is 2. The monoisotopic (exact) mass is 496 g/mol. The predicted octanol–water partition coefficient (Wildman–Crippen LogP) is 3.40. The number of aliphatic imine (C=N–C) groups is 1. The van der Waals surface area contributed by atoms with Crippen molar-refractivity contribution < 1.29 is 9.18 Å². The van der Waals surface area contributed by atoms with Crippen molar-refractivity contribution in [2.24, 2.45) is 4.99 Å². The maximum absolute atomic E-state index is 13.4. The van der Waals surface area contributed by atoms with Crippen LogP contribution >= 0.6 is 24.0 Å². The molecule has 7 heteroatoms. The quantitative estimate of drug-likeness (QED) is 0.388. The van der Waals surface area contributed by atoms with E-state index in [4.69, 9.17) is 0 Å². The summed E-state index contributed by atoms with van der Waals surface area (Å²) >= 11 is 0. The van der Waals surface area contributed by atoms with Crippen LogP contribution in [0.4, 0.5) is 10.1 Å². The highest BCUT2D eigenvalue weighted by Crippen LogP contribution is 2.26. The first-order valence-corrected chi connectivity index (χ1v) is 9.16. The number of para-hydroxylation sites is 1. The van der Waals surface area contributed by atoms with Crippen LogP contribution < -0.4 is 15.5 Å². The lowest BCUT2D eigenvalue weighted by atomic mass is 10.0. The Labute approximate surface area is 182 Å². The highest BCUT2D eigenvalue weighted by molar-refractivity contribution is 14.0. The van der Waals surface area contributed by atoms with Crippen molar-refractivity contribution in [3.63, 3.8) is 0 Å². The number of carbonyl (C=O) groups excluding carboxylic acids is 1. The average molecular weight is 496 g/mol. The SMILES string of the molecule is CN=C(NCC(=O)N1CCCc2ccccc21)NCc1ccc(F)c(C)c1.I. The summed E-state index contributed by atoms with van der Waals surface area (Å²) in [6.45, 7) is 3.14. The van der Waals surface area contributed by atoms with Gasteiger partial charge < -0.3 is 15.5 Å². The van der Waals surface area contributed by atoms with Crippen LogP contribution in [0, 0.1) is 12.7 Å². The lowest BCUT2D eigenvalue weighted by molar-refractivity contribution is -0.117. The smallest absolute Gasteiger partial charge is 0.246 e. The van der Waals surface area contributed by atoms with E-state index in [9.17, 15) is 9.18 Å². The zero-order chi connectivity index (χ0) is 19.2. The molecule has 0 saturated carbocycles. The van der Waals surface area contributed by atoms with Crippen LogP contribution in [0.2, 0.25) is 0 Å². The molecule has 0 aliphatic carbocycles. The third-order valence-electron chi connectivity index (χ3n) is 4.72. The number of nitrogens with zero attached hydrogens (tertiary/aromatic N) is 2. The fourth-order valence-corrected chi connectivity index (χ4v) is 3.27. The van der Waals surface area contributed by atoms with Gasteiger partial charge in [0.2, 0.25) is 5.91 Å². The first-order valence-electron chi connectivity index (χ1n) is 9.16. The Kier molecular flexibility index (Phi) is 8.22. The van der Waals surface area contributed by atoms with Gasteiger partial charge in [-0.15, -0.1) is 24.0 Å². The fourth-order valence-electron chi connectivity index (χ4n) is 3.27. The molecule has 0 bridgehead atoms. The summed E-state index contributed by atoms with van der Waals surface area (Å²) in [6, 6.07) is 13.0. The highest BCUT2D eigenvalue weighted by atomic mass is 127. The van der Waals surface area contributed by atoms with Gasteiger partial charge in [0.05, 0.1) is 6.54 Å². The summed E-state index contributed by atoms with van der Waals surface area (Å²) in [6.07, 6.45) is 1.98. The van der Waals surface area contributed by atoms with E-state index in [2.05, 4.69) is 21.7 Å². The first-order chi connectivity index (χ1) is 13.1. The largest absolute Gasteiger partial charge is 0.352 e. The number of rotatable bonds is 4. The molecular formula is C21H26FIN4O. The number of benzene rings is 2. The zero-order valence-corrected chi connectivity index (χ0v) is 18.5. The lowest BCUT2D eigenvalue weighted by Gasteiger charge is -2.29. The van der Waals surface area contributed by atoms with Gasteiger partial charge in [-0.05, 0) is 48.6 Å². The minimum absolute atomic E-state index is 0. The van der Waals surface area contributed by atoms with Crippen LogP contribution in [-0.4, -0.2) is 32.0 Å². The van der Waals surface area contributed by atoms with Crippen LogP contribution in [0.5, 0.6) is 0 Å². The molecule has 1 aliphatic rings. The number of anilines is 1. The number of aryl methyl sites for hydroxylation is 2. The van der Waals surface area contributed by atoms with E-state index in [1.807, 2.05) is 23.1 Å². The molecule has 1 aliphatic heterocycles. The number of carbonyl (C=O) groups is 1. The standard InChI is InChI=1S/C21H25FN4O.HI/c1-15-12-16(9-10-18(15)22)13-24-21(23-2)25-14-20(27)26-11-5-7-17-6-3-4-8-19(17)26;/h3-4,6,8-10,12H,5,7,11,13-14H2,1-2H3,(H2,23,24,25);1H. The number of halogens is 2. The summed E-state index contributed by atoms with van der Waals surface area (Å²) in [4.78, 5) is 18.7. The first kappa shape index (κ1) is 22.1. The second-order valence-corrected chi connectivity index (χ2v) is 6.64. The van der Waals surface area contributed by atoms with E-state index in [1.165, 1.54) is 11.6 Å². The predicted molar refractivity (Wildman–Crippen MR) is 122 cm³/mol. The normalized spacial score (nSPS) is 13.4. The molecule has 0 radical (unpaired) electrons. The molecular weight excluding hydrogens is 470 g/mol. The van der Waals surface area contributed by atoms with Crippen molar-refractivity contribution in [2.45, 2.75) is 26.3 Å². The molecule has 1 heterocycles. The Hall–Kier alpha value is -2.16. The van der Waals surface area contributed by atoms with Crippen molar-refractivity contribution >= 4 is 41.5 Å². The van der Waals surface area contributed by atoms with E-state index >= 15 is 0 Å². The van der Waals surface area contributed by atoms with Gasteiger partial charge in [-0.3, -0.25) is 9.79 Å². The van der Waals surface area contributed by atoms with Crippen molar-refractivity contribution in [1.29, 1.82) is 0 Å². The summed E-state index contributed by atoms with van der Waals surface area (Å²) in [5.41, 5.74) is 3.77. The van der Waals surface area contributed by atoms with Crippen LogP contribution in [0.1, 0.15) is 23.1 Å². The summed E-state index contributed by atoms with van der Waals surface area (Å²) in [7, 11) is 1.66. The minimum atomic E-state index is -0.214. The third-order valence-corrected chi connectivity index (χ3v) is 4.72. The van der Waals surface area contributed by atoms with Gasteiger partial charge in [-0.25, -0.2) is 4.39 Å². The Morgan fingerprint density at radius 3 is 2.75 bits per heavy atom. The average Bonchev–Trinajstić information content (AvgIpc) is 2.70. The zero-order valence-electron chi connectivity index (χ0n) is 16.2. The van der Waals surface area contributed by atoms with Crippen LogP contribution in [0.25, 0.3) is 0 Å². The van der Waals surface area contributed by atoms with Gasteiger partial charge in [0.15, 0.2) is 5.96 Å². The molecule has 150 valence electrons. The second kappa shape index (κ2) is 10.4. The molecule has 5 nitrogen and oxygen atoms in total. The summed E-state index contributed by atoms with van der Waals surface area (Å²) < 4.78 is 13.4. The van der Waals surface area contributed by atoms with Crippen molar-refractivity contribution in [1.82, 2.24) is 10.6 Å². The molecule has 2 N–H and O–H groups in total. The number of hydrogen-bond donors (Lipinski definition) is 2. The van der Waals surface area contributed by atoms with Crippen LogP contribution in [0.3, 0.4) is 0 Å². The topological polar surface area (TPSA) is 56.7 Å². The van der Waals surface area contributed by atoms with Crippen LogP contribution in [-0.2, 0) is 17.8 Å². The third kappa shape index (κ3) is 5.43. The molecule has 28 heavy (non-hydrogen) atoms. The van der Waals surface area contributed by atoms with Gasteiger partial charge >= 0.3 is 0 Å². The molecule has 0 fully saturated rings. The van der Waals surface area contributed by atoms with Gasteiger partial charge in [-0.1, -0.05) is 30.3 Å². The maximum Gasteiger partial charge on any atom is 0.246 e. The minimum Gasteiger partial charge on any atom is -0.352 e. The molecule has 1 amide bonds.